The summed E-state index contributed by atoms with van der Waals surface area (Å²) >= 11 is 0. The van der Waals surface area contributed by atoms with Gasteiger partial charge in [-0.15, -0.1) is 0 Å². The molecule has 0 spiro atoms. The lowest BCUT2D eigenvalue weighted by atomic mass is 9.89. The average Bonchev–Trinajstić information content (AvgIpc) is 3.25. The van der Waals surface area contributed by atoms with Crippen molar-refractivity contribution in [2.45, 2.75) is 37.3 Å². The Hall–Kier alpha value is -1.83. The molecular weight excluding hydrogens is 374 g/mol. The maximum absolute atomic E-state index is 13.2. The van der Waals surface area contributed by atoms with Gasteiger partial charge >= 0.3 is 0 Å². The molecule has 2 aliphatic heterocycles. The van der Waals surface area contributed by atoms with E-state index in [4.69, 9.17) is 0 Å². The molecule has 5 nitrogen and oxygen atoms in total. The highest BCUT2D eigenvalue weighted by atomic mass is 19.1. The van der Waals surface area contributed by atoms with Crippen molar-refractivity contribution in [1.82, 2.24) is 14.9 Å². The first kappa shape index (κ1) is 19.2. The third-order valence-electron chi connectivity index (χ3n) is 7.33. The molecule has 2 atom stereocenters. The monoisotopic (exact) mass is 402 g/mol. The second-order valence-corrected chi connectivity index (χ2v) is 8.98. The fourth-order valence-electron chi connectivity index (χ4n) is 5.84. The van der Waals surface area contributed by atoms with Crippen LogP contribution in [0.15, 0.2) is 41.3 Å². The van der Waals surface area contributed by atoms with Crippen molar-refractivity contribution in [3.63, 3.8) is 0 Å². The van der Waals surface area contributed by atoms with E-state index in [0.717, 1.165) is 57.4 Å². The molecule has 2 saturated carbocycles. The standard InChI is InChI=1S/C22H28F2N4O/c23-19-3-1-18(2-4-19)22(29)13-16-11-20(12-17(16)14-22)26-7-9-27(10-8-26)28-6-5-21(24)25-15-28/h1-5,15-17,20,29H,6-14H2. The third kappa shape index (κ3) is 3.71. The van der Waals surface area contributed by atoms with E-state index < -0.39 is 11.6 Å². The summed E-state index contributed by atoms with van der Waals surface area (Å²) in [4.78, 5) is 6.35. The molecule has 2 heterocycles. The van der Waals surface area contributed by atoms with Crippen molar-refractivity contribution in [3.8, 4) is 0 Å². The number of piperazine rings is 1. The van der Waals surface area contributed by atoms with E-state index in [0.29, 0.717) is 24.4 Å². The highest BCUT2D eigenvalue weighted by Crippen LogP contribution is 2.53. The lowest BCUT2D eigenvalue weighted by Crippen LogP contribution is -2.55. The summed E-state index contributed by atoms with van der Waals surface area (Å²) in [6, 6.07) is 6.94. The number of aliphatic hydroxyl groups is 1. The summed E-state index contributed by atoms with van der Waals surface area (Å²) in [7, 11) is 0. The maximum atomic E-state index is 13.2. The first-order chi connectivity index (χ1) is 14.0. The van der Waals surface area contributed by atoms with Gasteiger partial charge in [-0.2, -0.15) is 4.39 Å². The fourth-order valence-corrected chi connectivity index (χ4v) is 5.84. The normalized spacial score (nSPS) is 35.8. The minimum Gasteiger partial charge on any atom is -0.385 e. The van der Waals surface area contributed by atoms with Gasteiger partial charge in [-0.05, 0) is 61.3 Å². The number of hydrazine groups is 1. The lowest BCUT2D eigenvalue weighted by molar-refractivity contribution is -0.0103. The van der Waals surface area contributed by atoms with E-state index in [-0.39, 0.29) is 5.82 Å². The van der Waals surface area contributed by atoms with Gasteiger partial charge in [-0.25, -0.2) is 14.4 Å². The predicted octanol–water partition coefficient (Wildman–Crippen LogP) is 2.89. The van der Waals surface area contributed by atoms with Crippen LogP contribution in [-0.2, 0) is 5.60 Å². The number of fused-ring (bicyclic) bond motifs is 1. The molecule has 0 bridgehead atoms. The topological polar surface area (TPSA) is 42.3 Å². The van der Waals surface area contributed by atoms with Crippen LogP contribution in [0, 0.1) is 17.7 Å². The zero-order valence-corrected chi connectivity index (χ0v) is 16.6. The molecule has 1 N–H and O–H groups in total. The summed E-state index contributed by atoms with van der Waals surface area (Å²) in [5.41, 5.74) is 0.0513. The molecule has 0 radical (unpaired) electrons. The number of hydrogen-bond acceptors (Lipinski definition) is 5. The van der Waals surface area contributed by atoms with E-state index in [2.05, 4.69) is 14.9 Å². The number of nitrogens with zero attached hydrogens (tertiary/aromatic N) is 4. The van der Waals surface area contributed by atoms with E-state index in [1.54, 1.807) is 18.5 Å². The molecule has 5 rings (SSSR count). The molecule has 1 aromatic rings. The Labute approximate surface area is 170 Å². The summed E-state index contributed by atoms with van der Waals surface area (Å²) in [5, 5.41) is 15.4. The minimum atomic E-state index is -0.802. The number of rotatable bonds is 3. The fraction of sp³-hybridized carbons (Fsp3) is 0.591. The zero-order valence-electron chi connectivity index (χ0n) is 16.6. The van der Waals surface area contributed by atoms with Gasteiger partial charge in [-0.1, -0.05) is 12.1 Å². The second kappa shape index (κ2) is 7.45. The van der Waals surface area contributed by atoms with Crippen molar-refractivity contribution < 1.29 is 13.9 Å². The largest absolute Gasteiger partial charge is 0.385 e. The highest BCUT2D eigenvalue weighted by molar-refractivity contribution is 5.57. The van der Waals surface area contributed by atoms with Crippen molar-refractivity contribution >= 4 is 6.34 Å². The van der Waals surface area contributed by atoms with Gasteiger partial charge in [0, 0.05) is 32.2 Å². The predicted molar refractivity (Wildman–Crippen MR) is 107 cm³/mol. The number of benzene rings is 1. The molecule has 2 aliphatic carbocycles. The molecule has 156 valence electrons. The van der Waals surface area contributed by atoms with Crippen LogP contribution in [0.5, 0.6) is 0 Å². The minimum absolute atomic E-state index is 0.258. The van der Waals surface area contributed by atoms with Crippen LogP contribution in [0.25, 0.3) is 0 Å². The molecule has 1 saturated heterocycles. The van der Waals surface area contributed by atoms with Crippen LogP contribution < -0.4 is 0 Å². The van der Waals surface area contributed by atoms with Crippen molar-refractivity contribution in [2.75, 3.05) is 32.7 Å². The van der Waals surface area contributed by atoms with Gasteiger partial charge in [0.25, 0.3) is 0 Å². The van der Waals surface area contributed by atoms with Crippen molar-refractivity contribution in [1.29, 1.82) is 0 Å². The number of hydrogen-bond donors (Lipinski definition) is 1. The van der Waals surface area contributed by atoms with Gasteiger partial charge in [0.05, 0.1) is 12.1 Å². The average molecular weight is 402 g/mol. The van der Waals surface area contributed by atoms with Crippen LogP contribution in [0.4, 0.5) is 8.78 Å². The van der Waals surface area contributed by atoms with Crippen LogP contribution in [0.3, 0.4) is 0 Å². The molecule has 4 aliphatic rings. The Morgan fingerprint density at radius 2 is 1.62 bits per heavy atom. The van der Waals surface area contributed by atoms with Gasteiger partial charge in [0.15, 0.2) is 0 Å². The molecule has 0 aromatic heterocycles. The van der Waals surface area contributed by atoms with Gasteiger partial charge < -0.3 is 5.11 Å². The number of halogens is 2. The molecule has 3 fully saturated rings. The smallest absolute Gasteiger partial charge is 0.212 e. The Morgan fingerprint density at radius 3 is 2.21 bits per heavy atom. The molecule has 7 heteroatoms. The third-order valence-corrected chi connectivity index (χ3v) is 7.33. The van der Waals surface area contributed by atoms with Gasteiger partial charge in [0.1, 0.15) is 12.2 Å². The lowest BCUT2D eigenvalue weighted by Gasteiger charge is -2.42. The van der Waals surface area contributed by atoms with E-state index >= 15 is 0 Å². The zero-order chi connectivity index (χ0) is 20.0. The van der Waals surface area contributed by atoms with Gasteiger partial charge in [-0.3, -0.25) is 9.91 Å². The summed E-state index contributed by atoms with van der Waals surface area (Å²) in [6.07, 6.45) is 6.92. The Morgan fingerprint density at radius 1 is 0.966 bits per heavy atom. The Bertz CT molecular complexity index is 790. The first-order valence-electron chi connectivity index (χ1n) is 10.6. The van der Waals surface area contributed by atoms with E-state index in [1.165, 1.54) is 18.2 Å². The maximum Gasteiger partial charge on any atom is 0.212 e. The quantitative estimate of drug-likeness (QED) is 0.790. The summed E-state index contributed by atoms with van der Waals surface area (Å²) < 4.78 is 26.3. The second-order valence-electron chi connectivity index (χ2n) is 8.98. The number of aliphatic imine (C=N–C) groups is 1. The van der Waals surface area contributed by atoms with Gasteiger partial charge in [0.2, 0.25) is 5.95 Å². The molecular formula is C22H28F2N4O. The summed E-state index contributed by atoms with van der Waals surface area (Å²) in [6.45, 7) is 4.40. The van der Waals surface area contributed by atoms with Crippen molar-refractivity contribution in [2.24, 2.45) is 16.8 Å². The van der Waals surface area contributed by atoms with Crippen LogP contribution in [-0.4, -0.2) is 65.1 Å². The Kier molecular flexibility index (Phi) is 4.92. The highest BCUT2D eigenvalue weighted by Gasteiger charge is 2.50. The molecule has 2 unspecified atom stereocenters. The SMILES string of the molecule is OC1(c2ccc(F)cc2)CC2CC(N3CCN(N4C=NC(F)=CC4)CC3)CC2C1. The van der Waals surface area contributed by atoms with Crippen LogP contribution >= 0.6 is 0 Å². The Balaban J connectivity index is 1.15. The van der Waals surface area contributed by atoms with Crippen LogP contribution in [0.1, 0.15) is 31.2 Å². The first-order valence-corrected chi connectivity index (χ1v) is 10.6. The van der Waals surface area contributed by atoms with E-state index in [9.17, 15) is 13.9 Å². The summed E-state index contributed by atoms with van der Waals surface area (Å²) in [5.74, 6) is 0.413. The molecule has 1 aromatic carbocycles. The molecule has 0 amide bonds. The van der Waals surface area contributed by atoms with Crippen molar-refractivity contribution in [3.05, 3.63) is 47.7 Å². The van der Waals surface area contributed by atoms with Crippen LogP contribution in [0.2, 0.25) is 0 Å². The van der Waals surface area contributed by atoms with E-state index in [1.807, 2.05) is 5.01 Å². The molecule has 29 heavy (non-hydrogen) atoms.